The fraction of sp³-hybridized carbons (Fsp3) is 0.125. The van der Waals surface area contributed by atoms with Gasteiger partial charge in [-0.1, -0.05) is 15.9 Å². The van der Waals surface area contributed by atoms with Crippen LogP contribution in [0.25, 0.3) is 6.08 Å². The number of nitrogens with zero attached hydrogens (tertiary/aromatic N) is 1. The lowest BCUT2D eigenvalue weighted by Crippen LogP contribution is -2.41. The second kappa shape index (κ2) is 4.85. The van der Waals surface area contributed by atoms with E-state index in [-0.39, 0.29) is 5.56 Å². The molecule has 7 heteroatoms. The third-order valence-electron chi connectivity index (χ3n) is 1.63. The van der Waals surface area contributed by atoms with Crippen molar-refractivity contribution in [2.75, 3.05) is 6.61 Å². The summed E-state index contributed by atoms with van der Waals surface area (Å²) in [6.07, 6.45) is 2.56. The van der Waals surface area contributed by atoms with Crippen LogP contribution in [0.2, 0.25) is 0 Å². The van der Waals surface area contributed by atoms with Crippen LogP contribution in [0.3, 0.4) is 0 Å². The molecule has 1 aromatic heterocycles. The Hall–Kier alpha value is -1.47. The fourth-order valence-corrected chi connectivity index (χ4v) is 1.26. The van der Waals surface area contributed by atoms with Crippen LogP contribution < -0.4 is 11.2 Å². The van der Waals surface area contributed by atoms with Gasteiger partial charge in [-0.15, -0.1) is 0 Å². The molecule has 0 saturated carbocycles. The first-order valence-electron chi connectivity index (χ1n) is 3.87. The summed E-state index contributed by atoms with van der Waals surface area (Å²) in [5, 5.41) is 8.57. The van der Waals surface area contributed by atoms with Crippen molar-refractivity contribution in [3.8, 4) is 0 Å². The van der Waals surface area contributed by atoms with E-state index >= 15 is 0 Å². The van der Waals surface area contributed by atoms with Gasteiger partial charge in [-0.2, -0.15) is 4.57 Å². The summed E-state index contributed by atoms with van der Waals surface area (Å²) in [7, 11) is 0. The van der Waals surface area contributed by atoms with Crippen molar-refractivity contribution < 1.29 is 9.90 Å². The largest absolute Gasteiger partial charge is 0.386 e. The monoisotopic (exact) mass is 274 g/mol. The number of hydrogen-bond donors (Lipinski definition) is 2. The van der Waals surface area contributed by atoms with Crippen molar-refractivity contribution in [3.05, 3.63) is 37.6 Å². The minimum atomic E-state index is -0.967. The third kappa shape index (κ3) is 2.31. The summed E-state index contributed by atoms with van der Waals surface area (Å²) < 4.78 is 0.350. The number of hydrogen-bond acceptors (Lipinski definition) is 4. The highest BCUT2D eigenvalue weighted by Crippen LogP contribution is 1.93. The maximum Gasteiger partial charge on any atom is 0.335 e. The first kappa shape index (κ1) is 11.6. The van der Waals surface area contributed by atoms with Gasteiger partial charge in [0.15, 0.2) is 0 Å². The normalized spacial score (nSPS) is 10.8. The lowest BCUT2D eigenvalue weighted by atomic mass is 10.3. The van der Waals surface area contributed by atoms with Crippen LogP contribution in [0.15, 0.2) is 20.8 Å². The molecule has 0 radical (unpaired) electrons. The number of carbonyl (C=O) groups is 1. The van der Waals surface area contributed by atoms with E-state index in [4.69, 9.17) is 5.11 Å². The van der Waals surface area contributed by atoms with Crippen LogP contribution >= 0.6 is 15.9 Å². The Kier molecular flexibility index (Phi) is 3.75. The summed E-state index contributed by atoms with van der Waals surface area (Å²) in [5.74, 6) is -0.967. The Morgan fingerprint density at radius 2 is 2.27 bits per heavy atom. The lowest BCUT2D eigenvalue weighted by Gasteiger charge is -2.00. The molecule has 0 saturated heterocycles. The van der Waals surface area contributed by atoms with Gasteiger partial charge in [0.25, 0.3) is 11.5 Å². The molecular formula is C8H7BrN2O4. The lowest BCUT2D eigenvalue weighted by molar-refractivity contribution is 0.0808. The van der Waals surface area contributed by atoms with E-state index in [2.05, 4.69) is 20.9 Å². The van der Waals surface area contributed by atoms with E-state index in [1.165, 1.54) is 17.3 Å². The maximum atomic E-state index is 11.5. The molecule has 1 heterocycles. The topological polar surface area (TPSA) is 92.2 Å². The van der Waals surface area contributed by atoms with Crippen LogP contribution in [0.5, 0.6) is 0 Å². The van der Waals surface area contributed by atoms with Gasteiger partial charge in [-0.05, 0) is 11.1 Å². The van der Waals surface area contributed by atoms with Gasteiger partial charge in [-0.3, -0.25) is 9.59 Å². The summed E-state index contributed by atoms with van der Waals surface area (Å²) in [6, 6.07) is 0. The molecule has 0 unspecified atom stereocenters. The average Bonchev–Trinajstić information content (AvgIpc) is 2.22. The van der Waals surface area contributed by atoms with Crippen molar-refractivity contribution in [1.82, 2.24) is 9.55 Å². The molecule has 0 aliphatic rings. The van der Waals surface area contributed by atoms with Crippen molar-refractivity contribution >= 4 is 27.9 Å². The van der Waals surface area contributed by atoms with Crippen molar-refractivity contribution in [2.45, 2.75) is 0 Å². The molecule has 0 spiro atoms. The van der Waals surface area contributed by atoms with Gasteiger partial charge in [-0.25, -0.2) is 4.79 Å². The molecule has 0 aromatic carbocycles. The Bertz CT molecular complexity index is 514. The quantitative estimate of drug-likeness (QED) is 0.763. The summed E-state index contributed by atoms with van der Waals surface area (Å²) >= 11 is 2.96. The van der Waals surface area contributed by atoms with Crippen molar-refractivity contribution in [3.63, 3.8) is 0 Å². The minimum Gasteiger partial charge on any atom is -0.386 e. The molecule has 0 bridgehead atoms. The molecular weight excluding hydrogens is 268 g/mol. The van der Waals surface area contributed by atoms with Crippen LogP contribution in [0.1, 0.15) is 10.4 Å². The average molecular weight is 275 g/mol. The van der Waals surface area contributed by atoms with Gasteiger partial charge in [0.2, 0.25) is 0 Å². The first-order valence-corrected chi connectivity index (χ1v) is 4.79. The molecule has 15 heavy (non-hydrogen) atoms. The van der Waals surface area contributed by atoms with Crippen LogP contribution in [-0.4, -0.2) is 27.2 Å². The Labute approximate surface area is 92.0 Å². The van der Waals surface area contributed by atoms with E-state index in [1.54, 1.807) is 0 Å². The number of aliphatic hydroxyl groups is 1. The molecule has 2 N–H and O–H groups in total. The molecule has 0 aliphatic heterocycles. The minimum absolute atomic E-state index is 0.133. The first-order chi connectivity index (χ1) is 7.11. The highest BCUT2D eigenvalue weighted by Gasteiger charge is 2.11. The van der Waals surface area contributed by atoms with Crippen LogP contribution in [0, 0.1) is 0 Å². The summed E-state index contributed by atoms with van der Waals surface area (Å²) in [5.41, 5.74) is -1.51. The zero-order valence-electron chi connectivity index (χ0n) is 7.44. The molecule has 0 aliphatic carbocycles. The number of carbonyl (C=O) groups excluding carboxylic acids is 1. The Morgan fingerprint density at radius 1 is 1.60 bits per heavy atom. The highest BCUT2D eigenvalue weighted by molar-refractivity contribution is 9.11. The number of aromatic nitrogens is 2. The van der Waals surface area contributed by atoms with Crippen LogP contribution in [0.4, 0.5) is 0 Å². The van der Waals surface area contributed by atoms with Crippen molar-refractivity contribution in [2.24, 2.45) is 0 Å². The smallest absolute Gasteiger partial charge is 0.335 e. The second-order valence-corrected chi connectivity index (χ2v) is 3.06. The number of rotatable bonds is 2. The Morgan fingerprint density at radius 3 is 2.80 bits per heavy atom. The zero-order chi connectivity index (χ0) is 11.4. The van der Waals surface area contributed by atoms with Gasteiger partial charge < -0.3 is 10.1 Å². The van der Waals surface area contributed by atoms with Crippen LogP contribution in [-0.2, 0) is 0 Å². The number of nitrogens with one attached hydrogen (secondary N) is 1. The summed E-state index contributed by atoms with van der Waals surface area (Å²) in [4.78, 5) is 37.3. The molecule has 80 valence electrons. The van der Waals surface area contributed by atoms with E-state index in [9.17, 15) is 14.4 Å². The highest BCUT2D eigenvalue weighted by atomic mass is 79.9. The number of halogens is 1. The predicted octanol–water partition coefficient (Wildman–Crippen LogP) is -0.465. The molecule has 0 atom stereocenters. The number of aliphatic hydroxyl groups excluding tert-OH is 1. The zero-order valence-corrected chi connectivity index (χ0v) is 9.02. The molecule has 1 aromatic rings. The summed E-state index contributed by atoms with van der Waals surface area (Å²) in [6.45, 7) is -0.898. The SMILES string of the molecule is O=C(CO)n1c(=O)[nH]cc(/C=C/Br)c1=O. The van der Waals surface area contributed by atoms with E-state index in [1.807, 2.05) is 0 Å². The van der Waals surface area contributed by atoms with Gasteiger partial charge in [0.05, 0.1) is 5.56 Å². The van der Waals surface area contributed by atoms with E-state index in [0.717, 1.165) is 0 Å². The Balaban J connectivity index is 3.51. The number of H-pyrrole nitrogens is 1. The fourth-order valence-electron chi connectivity index (χ4n) is 0.972. The molecule has 1 rings (SSSR count). The predicted molar refractivity (Wildman–Crippen MR) is 57.0 cm³/mol. The standard InChI is InChI=1S/C8H7BrN2O4/c9-2-1-5-3-10-8(15)11(7(5)14)6(13)4-12/h1-3,12H,4H2,(H,10,15)/b2-1+. The van der Waals surface area contributed by atoms with E-state index < -0.39 is 23.8 Å². The third-order valence-corrected chi connectivity index (χ3v) is 1.90. The van der Waals surface area contributed by atoms with Crippen molar-refractivity contribution in [1.29, 1.82) is 0 Å². The van der Waals surface area contributed by atoms with Gasteiger partial charge in [0, 0.05) is 6.20 Å². The molecule has 0 fully saturated rings. The number of aromatic amines is 1. The molecule has 0 amide bonds. The molecule has 6 nitrogen and oxygen atoms in total. The maximum absolute atomic E-state index is 11.5. The van der Waals surface area contributed by atoms with E-state index in [0.29, 0.717) is 4.57 Å². The second-order valence-electron chi connectivity index (χ2n) is 2.53. The van der Waals surface area contributed by atoms with Gasteiger partial charge >= 0.3 is 5.69 Å². The van der Waals surface area contributed by atoms with Gasteiger partial charge in [0.1, 0.15) is 6.61 Å².